The summed E-state index contributed by atoms with van der Waals surface area (Å²) in [5, 5.41) is 1.57. The van der Waals surface area contributed by atoms with Gasteiger partial charge in [0.25, 0.3) is 0 Å². The minimum Gasteiger partial charge on any atom is -0.748 e. The Balaban J connectivity index is 0.000000168. The quantitative estimate of drug-likeness (QED) is 0.0175. The molecule has 15 rings (SSSR count). The third-order valence-corrected chi connectivity index (χ3v) is 26.2. The van der Waals surface area contributed by atoms with E-state index in [4.69, 9.17) is 47.4 Å². The maximum absolute atomic E-state index is 13.3. The first-order chi connectivity index (χ1) is 66.2. The Morgan fingerprint density at radius 2 is 0.721 bits per heavy atom. The minimum absolute atomic E-state index is 0.00634. The highest BCUT2D eigenvalue weighted by Gasteiger charge is 2.45. The van der Waals surface area contributed by atoms with Gasteiger partial charge in [0.05, 0.1) is 108 Å². The zero-order valence-electron chi connectivity index (χ0n) is 76.0. The number of fused-ring (bicyclic) bond motifs is 7. The van der Waals surface area contributed by atoms with Gasteiger partial charge in [-0.2, -0.15) is 0 Å². The largest absolute Gasteiger partial charge is 0.748 e. The standard InChI is InChI=1S/C24H20O7S.C21H18O7S.C20H18O7S.C18H22O7S.C17H22O7S/c1-15-10-11-20(23(25)30-12-13-32(27,28)29)21(14-15)31-24(26)22-18-8-4-2-6-16(18)17-7-3-5-9-19(17)22;1-14-9-10-18(20(22)27-11-12-29(24,25)26)19(13-14)28-21(23)17-8-4-6-15-5-2-3-7-16(15)17;1-13-6-8-17(19(21)26-10-11-28(23,24)25)18(12-13)27-20(22)16-9-7-14-4-2-3-5-15(14)16;1-11-2-4-14(17(19)24-6-7-26(21,22)23)10-16(11)25-18(20)15-9-12-3-5-13(15)8-12;1-12-7-8-14(16(18)23-9-10-25(20,21)22)11-15(12)24-17(19)13-5-3-2-4-6-13/h2-11,14,22H,12-13H2,1H3,(H,27,28,29);2-10,13H,11-12H2,1H3,(H,24,25,26);2-9,12,16H,10-11H2,1H3,(H,23,24,25);2,4,10,12-13,15H,3,5-9H2,1H3,(H,21,22,23);7-8,11,13H,2-6,9-10H2,1H3,(H,20,21,22)/p-5. The molecule has 0 spiro atoms. The molecule has 140 heavy (non-hydrogen) atoms. The van der Waals surface area contributed by atoms with Gasteiger partial charge in [-0.25, -0.2) is 70.9 Å². The van der Waals surface area contributed by atoms with Crippen LogP contribution >= 0.6 is 0 Å². The fraction of sp³-hybridized carbons (Fsp3) is 0.300. The summed E-state index contributed by atoms with van der Waals surface area (Å²) in [6, 6.07) is 57.8. The van der Waals surface area contributed by atoms with Gasteiger partial charge >= 0.3 is 59.7 Å². The van der Waals surface area contributed by atoms with E-state index >= 15 is 0 Å². The Morgan fingerprint density at radius 3 is 1.16 bits per heavy atom. The van der Waals surface area contributed by atoms with E-state index in [1.54, 1.807) is 95.3 Å². The lowest BCUT2D eigenvalue weighted by Crippen LogP contribution is -2.25. The Morgan fingerprint density at radius 1 is 0.329 bits per heavy atom. The van der Waals surface area contributed by atoms with Crippen LogP contribution in [0.25, 0.3) is 28.0 Å². The average molecular weight is 2020 g/mol. The molecule has 0 amide bonds. The van der Waals surface area contributed by atoms with Gasteiger partial charge in [-0.05, 0) is 217 Å². The van der Waals surface area contributed by atoms with Crippen molar-refractivity contribution in [3.05, 3.63) is 296 Å². The maximum Gasteiger partial charge on any atom is 0.344 e. The third-order valence-electron chi connectivity index (χ3n) is 22.9. The fourth-order valence-corrected chi connectivity index (χ4v) is 17.4. The number of esters is 10. The molecule has 4 unspecified atom stereocenters. The normalized spacial score (nSPS) is 15.6. The van der Waals surface area contributed by atoms with Crippen LogP contribution in [0.1, 0.15) is 182 Å². The molecule has 40 heteroatoms. The lowest BCUT2D eigenvalue weighted by molar-refractivity contribution is -0.141. The lowest BCUT2D eigenvalue weighted by atomic mass is 9.89. The van der Waals surface area contributed by atoms with Crippen LogP contribution in [0.3, 0.4) is 0 Å². The van der Waals surface area contributed by atoms with Gasteiger partial charge < -0.3 is 70.1 Å². The summed E-state index contributed by atoms with van der Waals surface area (Å²) >= 11 is 0. The van der Waals surface area contributed by atoms with Crippen molar-refractivity contribution >= 4 is 127 Å². The highest BCUT2D eigenvalue weighted by atomic mass is 32.2. The van der Waals surface area contributed by atoms with Gasteiger partial charge in [0.15, 0.2) is 0 Å². The van der Waals surface area contributed by atoms with E-state index in [0.29, 0.717) is 39.7 Å². The van der Waals surface area contributed by atoms with E-state index in [-0.39, 0.29) is 74.6 Å². The molecular weight excluding hydrogens is 1920 g/mol. The molecular formula is C100H95O35S5-5. The van der Waals surface area contributed by atoms with Crippen LogP contribution < -0.4 is 23.7 Å². The van der Waals surface area contributed by atoms with Crippen molar-refractivity contribution in [2.75, 3.05) is 61.8 Å². The number of rotatable bonds is 30. The number of ether oxygens (including phenoxy) is 10. The van der Waals surface area contributed by atoms with Crippen LogP contribution in [-0.2, 0) is 93.5 Å². The van der Waals surface area contributed by atoms with Gasteiger partial charge in [-0.3, -0.25) is 19.2 Å². The van der Waals surface area contributed by atoms with Crippen molar-refractivity contribution in [2.45, 2.75) is 104 Å². The summed E-state index contributed by atoms with van der Waals surface area (Å²) < 4.78 is 211. The zero-order chi connectivity index (χ0) is 102. The van der Waals surface area contributed by atoms with Gasteiger partial charge in [0.2, 0.25) is 0 Å². The van der Waals surface area contributed by atoms with Crippen molar-refractivity contribution in [1.82, 2.24) is 0 Å². The molecule has 0 N–H and O–H groups in total. The maximum atomic E-state index is 13.3. The zero-order valence-corrected chi connectivity index (χ0v) is 80.1. The molecule has 4 atom stereocenters. The SMILES string of the molecule is Cc1ccc(C(=O)OCCS(=O)(=O)[O-])c(OC(=O)C2C=Cc3ccccc32)c1.Cc1ccc(C(=O)OCCS(=O)(=O)[O-])c(OC(=O)C2c3ccccc3-c3ccccc32)c1.Cc1ccc(C(=O)OCCS(=O)(=O)[O-])c(OC(=O)c2cccc3ccccc23)c1.Cc1ccc(C(=O)OCCS(=O)(=O)[O-])cc1OC(=O)C1CC2CCC1C2.Cc1ccc(C(=O)OCCS(=O)(=O)[O-])cc1OC(=O)C1CCCCC1. The number of carbonyl (C=O) groups excluding carboxylic acids is 10. The minimum atomic E-state index is -4.52. The number of carbonyl (C=O) groups is 10. The van der Waals surface area contributed by atoms with Gasteiger partial charge in [0.1, 0.15) is 90.3 Å². The number of hydrogen-bond acceptors (Lipinski definition) is 35. The van der Waals surface area contributed by atoms with Crippen molar-refractivity contribution in [3.63, 3.8) is 0 Å². The molecule has 35 nitrogen and oxygen atoms in total. The second kappa shape index (κ2) is 47.9. The van der Waals surface area contributed by atoms with E-state index in [1.165, 1.54) is 67.1 Å². The van der Waals surface area contributed by atoms with Crippen LogP contribution in [0, 0.1) is 58.3 Å². The molecule has 5 aliphatic carbocycles. The third kappa shape index (κ3) is 31.2. The van der Waals surface area contributed by atoms with Crippen LogP contribution in [0.4, 0.5) is 0 Å². The summed E-state index contributed by atoms with van der Waals surface area (Å²) in [5.74, 6) is -10.4. The monoisotopic (exact) mass is 2020 g/mol. The smallest absolute Gasteiger partial charge is 0.344 e. The molecule has 3 saturated carbocycles. The molecule has 0 aromatic heterocycles. The Labute approximate surface area is 807 Å². The molecule has 5 aliphatic rings. The van der Waals surface area contributed by atoms with E-state index in [1.807, 2.05) is 97.1 Å². The molecule has 2 bridgehead atoms. The van der Waals surface area contributed by atoms with Crippen LogP contribution in [0.5, 0.6) is 28.7 Å². The second-order valence-electron chi connectivity index (χ2n) is 33.2. The predicted octanol–water partition coefficient (Wildman–Crippen LogP) is 13.1. The van der Waals surface area contributed by atoms with Crippen molar-refractivity contribution < 1.29 is 160 Å². The molecule has 10 aromatic carbocycles. The Hall–Kier alpha value is -13.6. The van der Waals surface area contributed by atoms with Crippen molar-refractivity contribution in [1.29, 1.82) is 0 Å². The predicted molar refractivity (Wildman–Crippen MR) is 499 cm³/mol. The second-order valence-corrected chi connectivity index (χ2v) is 40.9. The Bertz CT molecular complexity index is 6950. The fourth-order valence-electron chi connectivity index (χ4n) is 15.9. The highest BCUT2D eigenvalue weighted by Crippen LogP contribution is 2.50. The van der Waals surface area contributed by atoms with Crippen molar-refractivity contribution in [2.24, 2.45) is 23.7 Å². The number of benzene rings is 10. The van der Waals surface area contributed by atoms with Crippen LogP contribution in [0.15, 0.2) is 212 Å². The molecule has 3 fully saturated rings. The highest BCUT2D eigenvalue weighted by molar-refractivity contribution is 7.86. The Kier molecular flexibility index (Phi) is 36.6. The van der Waals surface area contributed by atoms with Crippen molar-refractivity contribution in [3.8, 4) is 39.9 Å². The number of hydrogen-bond donors (Lipinski definition) is 0. The van der Waals surface area contributed by atoms with Gasteiger partial charge in [-0.15, -0.1) is 0 Å². The number of aryl methyl sites for hydroxylation is 5. The van der Waals surface area contributed by atoms with E-state index in [2.05, 4.69) is 0 Å². The first-order valence-corrected chi connectivity index (χ1v) is 51.7. The summed E-state index contributed by atoms with van der Waals surface area (Å²) in [5.41, 5.74) is 9.40. The van der Waals surface area contributed by atoms with Crippen LogP contribution in [0.2, 0.25) is 0 Å². The summed E-state index contributed by atoms with van der Waals surface area (Å²) in [7, 11) is -22.4. The van der Waals surface area contributed by atoms with Crippen LogP contribution in [-0.4, -0.2) is 186 Å². The molecule has 0 aliphatic heterocycles. The van der Waals surface area contributed by atoms with Gasteiger partial charge in [0, 0.05) is 0 Å². The summed E-state index contributed by atoms with van der Waals surface area (Å²) in [6.07, 6.45) is 12.5. The topological polar surface area (TPSA) is 549 Å². The molecule has 0 heterocycles. The summed E-state index contributed by atoms with van der Waals surface area (Å²) in [6.45, 7) is 6.03. The molecule has 0 saturated heterocycles. The first kappa shape index (κ1) is 107. The van der Waals surface area contributed by atoms with Gasteiger partial charge in [-0.1, -0.05) is 177 Å². The van der Waals surface area contributed by atoms with E-state index < -0.39 is 172 Å². The molecule has 0 radical (unpaired) electrons. The van der Waals surface area contributed by atoms with E-state index in [9.17, 15) is 113 Å². The van der Waals surface area contributed by atoms with E-state index in [0.717, 1.165) is 107 Å². The molecule has 740 valence electrons. The average Bonchev–Trinajstić information content (AvgIpc) is 1.60. The first-order valence-electron chi connectivity index (χ1n) is 43.8. The lowest BCUT2D eigenvalue weighted by Gasteiger charge is -2.20. The summed E-state index contributed by atoms with van der Waals surface area (Å²) in [4.78, 5) is 124. The molecule has 10 aromatic rings.